The Bertz CT molecular complexity index is 417. The largest absolute Gasteiger partial charge is 0.224 e. The molecular weight excluding hydrogens is 283 g/mol. The molecule has 0 radical (unpaired) electrons. The predicted octanol–water partition coefficient (Wildman–Crippen LogP) is 2.77. The Morgan fingerprint density at radius 3 is 2.60 bits per heavy atom. The maximum atomic E-state index is 12.8. The number of rotatable bonds is 5. The van der Waals surface area contributed by atoms with Crippen molar-refractivity contribution < 1.29 is 12.8 Å². The molecule has 0 aliphatic heterocycles. The summed E-state index contributed by atoms with van der Waals surface area (Å²) >= 11 is 3.23. The van der Waals surface area contributed by atoms with Crippen molar-refractivity contribution in [2.24, 2.45) is 0 Å². The minimum absolute atomic E-state index is 0.0667. The van der Waals surface area contributed by atoms with Crippen LogP contribution < -0.4 is 0 Å². The summed E-state index contributed by atoms with van der Waals surface area (Å²) in [6, 6.07) is 5.13. The van der Waals surface area contributed by atoms with Crippen molar-refractivity contribution in [3.05, 3.63) is 30.1 Å². The summed E-state index contributed by atoms with van der Waals surface area (Å²) in [5.41, 5.74) is 0. The maximum Gasteiger partial charge on any atom is 0.178 e. The number of sulfone groups is 1. The Balaban J connectivity index is 2.77. The second-order valence-corrected chi connectivity index (χ2v) is 6.07. The smallest absolute Gasteiger partial charge is 0.178 e. The Morgan fingerprint density at radius 2 is 2.00 bits per heavy atom. The number of benzene rings is 1. The van der Waals surface area contributed by atoms with Gasteiger partial charge in [0.25, 0.3) is 0 Å². The Kier molecular flexibility index (Phi) is 4.73. The van der Waals surface area contributed by atoms with Gasteiger partial charge in [-0.3, -0.25) is 0 Å². The van der Waals surface area contributed by atoms with E-state index in [9.17, 15) is 12.8 Å². The third-order valence-corrected chi connectivity index (χ3v) is 4.31. The fraction of sp³-hybridized carbons (Fsp3) is 0.400. The van der Waals surface area contributed by atoms with Gasteiger partial charge in [0.05, 0.1) is 10.6 Å². The van der Waals surface area contributed by atoms with Gasteiger partial charge in [-0.15, -0.1) is 0 Å². The molecule has 1 rings (SSSR count). The molecular formula is C10H12BrFO2S. The fourth-order valence-corrected chi connectivity index (χ4v) is 2.96. The number of hydrogen-bond donors (Lipinski definition) is 0. The van der Waals surface area contributed by atoms with Crippen LogP contribution in [0.4, 0.5) is 4.39 Å². The Labute approximate surface area is 97.5 Å². The van der Waals surface area contributed by atoms with Gasteiger partial charge in [0, 0.05) is 5.33 Å². The van der Waals surface area contributed by atoms with E-state index in [0.29, 0.717) is 6.42 Å². The SMILES string of the molecule is O=S(=O)(CCCCBr)c1cccc(F)c1. The molecule has 0 bridgehead atoms. The topological polar surface area (TPSA) is 34.1 Å². The van der Waals surface area contributed by atoms with Gasteiger partial charge in [-0.25, -0.2) is 12.8 Å². The van der Waals surface area contributed by atoms with Gasteiger partial charge in [-0.2, -0.15) is 0 Å². The Morgan fingerprint density at radius 1 is 1.27 bits per heavy atom. The summed E-state index contributed by atoms with van der Waals surface area (Å²) in [5.74, 6) is -0.446. The minimum atomic E-state index is -3.32. The quantitative estimate of drug-likeness (QED) is 0.618. The van der Waals surface area contributed by atoms with Gasteiger partial charge in [0.2, 0.25) is 0 Å². The summed E-state index contributed by atoms with van der Waals surface area (Å²) < 4.78 is 36.2. The van der Waals surface area contributed by atoms with Crippen LogP contribution in [-0.2, 0) is 9.84 Å². The van der Waals surface area contributed by atoms with E-state index in [1.165, 1.54) is 18.2 Å². The van der Waals surface area contributed by atoms with Crippen LogP contribution in [0.25, 0.3) is 0 Å². The van der Waals surface area contributed by atoms with Crippen LogP contribution in [0.1, 0.15) is 12.8 Å². The van der Waals surface area contributed by atoms with Crippen LogP contribution in [0.3, 0.4) is 0 Å². The van der Waals surface area contributed by atoms with Crippen molar-refractivity contribution in [2.75, 3.05) is 11.1 Å². The number of unbranched alkanes of at least 4 members (excludes halogenated alkanes) is 1. The number of alkyl halides is 1. The first-order valence-corrected chi connectivity index (χ1v) is 7.38. The molecule has 0 aliphatic carbocycles. The first-order valence-electron chi connectivity index (χ1n) is 4.60. The highest BCUT2D eigenvalue weighted by molar-refractivity contribution is 9.09. The summed E-state index contributed by atoms with van der Waals surface area (Å²) in [5, 5.41) is 0.783. The molecule has 1 aromatic carbocycles. The molecule has 0 unspecified atom stereocenters. The summed E-state index contributed by atoms with van der Waals surface area (Å²) in [7, 11) is -3.32. The molecule has 0 heterocycles. The highest BCUT2D eigenvalue weighted by Gasteiger charge is 2.13. The number of halogens is 2. The maximum absolute atomic E-state index is 12.8. The van der Waals surface area contributed by atoms with E-state index >= 15 is 0 Å². The zero-order valence-corrected chi connectivity index (χ0v) is 10.5. The third-order valence-electron chi connectivity index (χ3n) is 1.95. The first kappa shape index (κ1) is 12.6. The standard InChI is InChI=1S/C10H12BrFO2S/c11-6-1-2-7-15(13,14)10-5-3-4-9(12)8-10/h3-5,8H,1-2,6-7H2. The molecule has 15 heavy (non-hydrogen) atoms. The molecule has 0 aromatic heterocycles. The molecule has 0 spiro atoms. The second kappa shape index (κ2) is 5.61. The van der Waals surface area contributed by atoms with Gasteiger partial charge in [-0.1, -0.05) is 22.0 Å². The molecule has 0 atom stereocenters. The second-order valence-electron chi connectivity index (χ2n) is 3.17. The lowest BCUT2D eigenvalue weighted by atomic mass is 10.3. The van der Waals surface area contributed by atoms with Crippen molar-refractivity contribution >= 4 is 25.8 Å². The van der Waals surface area contributed by atoms with Crippen LogP contribution in [0.15, 0.2) is 29.2 Å². The van der Waals surface area contributed by atoms with Gasteiger partial charge < -0.3 is 0 Å². The zero-order valence-electron chi connectivity index (χ0n) is 8.12. The molecule has 0 amide bonds. The van der Waals surface area contributed by atoms with E-state index in [4.69, 9.17) is 0 Å². The van der Waals surface area contributed by atoms with Crippen molar-refractivity contribution in [1.29, 1.82) is 0 Å². The monoisotopic (exact) mass is 294 g/mol. The molecule has 2 nitrogen and oxygen atoms in total. The summed E-state index contributed by atoms with van der Waals surface area (Å²) in [6.07, 6.45) is 1.39. The lowest BCUT2D eigenvalue weighted by Gasteiger charge is -2.03. The lowest BCUT2D eigenvalue weighted by molar-refractivity contribution is 0.588. The van der Waals surface area contributed by atoms with Crippen molar-refractivity contribution in [3.8, 4) is 0 Å². The van der Waals surface area contributed by atoms with Crippen molar-refractivity contribution in [1.82, 2.24) is 0 Å². The van der Waals surface area contributed by atoms with Gasteiger partial charge in [0.15, 0.2) is 9.84 Å². The lowest BCUT2D eigenvalue weighted by Crippen LogP contribution is -2.07. The molecule has 0 saturated heterocycles. The molecule has 1 aromatic rings. The fourth-order valence-electron chi connectivity index (χ4n) is 1.16. The van der Waals surface area contributed by atoms with Crippen LogP contribution in [0.5, 0.6) is 0 Å². The van der Waals surface area contributed by atoms with Crippen LogP contribution >= 0.6 is 15.9 Å². The van der Waals surface area contributed by atoms with E-state index in [2.05, 4.69) is 15.9 Å². The third kappa shape index (κ3) is 3.91. The molecule has 84 valence electrons. The minimum Gasteiger partial charge on any atom is -0.224 e. The van der Waals surface area contributed by atoms with Crippen molar-refractivity contribution in [3.63, 3.8) is 0 Å². The molecule has 5 heteroatoms. The van der Waals surface area contributed by atoms with Gasteiger partial charge in [-0.05, 0) is 31.0 Å². The molecule has 0 N–H and O–H groups in total. The summed E-state index contributed by atoms with van der Waals surface area (Å²) in [4.78, 5) is 0.0667. The number of hydrogen-bond acceptors (Lipinski definition) is 2. The molecule has 0 saturated carbocycles. The summed E-state index contributed by atoms with van der Waals surface area (Å²) in [6.45, 7) is 0. The zero-order chi connectivity index (χ0) is 11.3. The van der Waals surface area contributed by atoms with E-state index in [-0.39, 0.29) is 10.6 Å². The average Bonchev–Trinajstić information content (AvgIpc) is 2.18. The van der Waals surface area contributed by atoms with E-state index < -0.39 is 15.7 Å². The molecule has 0 fully saturated rings. The van der Waals surface area contributed by atoms with Gasteiger partial charge in [0.1, 0.15) is 5.82 Å². The molecule has 0 aliphatic rings. The highest BCUT2D eigenvalue weighted by atomic mass is 79.9. The van der Waals surface area contributed by atoms with Crippen LogP contribution in [-0.4, -0.2) is 19.5 Å². The first-order chi connectivity index (χ1) is 7.06. The van der Waals surface area contributed by atoms with Crippen LogP contribution in [0.2, 0.25) is 0 Å². The Hall–Kier alpha value is -0.420. The normalized spacial score (nSPS) is 11.6. The van der Waals surface area contributed by atoms with E-state index in [0.717, 1.165) is 17.8 Å². The van der Waals surface area contributed by atoms with E-state index in [1.54, 1.807) is 0 Å². The van der Waals surface area contributed by atoms with E-state index in [1.807, 2.05) is 0 Å². The van der Waals surface area contributed by atoms with Gasteiger partial charge >= 0.3 is 0 Å². The average molecular weight is 295 g/mol. The van der Waals surface area contributed by atoms with Crippen LogP contribution in [0, 0.1) is 5.82 Å². The van der Waals surface area contributed by atoms with Crippen molar-refractivity contribution in [2.45, 2.75) is 17.7 Å². The predicted molar refractivity (Wildman–Crippen MR) is 61.5 cm³/mol. The highest BCUT2D eigenvalue weighted by Crippen LogP contribution is 2.14.